The second-order valence-electron chi connectivity index (χ2n) is 4.34. The van der Waals surface area contributed by atoms with Gasteiger partial charge < -0.3 is 4.52 Å². The van der Waals surface area contributed by atoms with Crippen LogP contribution in [0.25, 0.3) is 0 Å². The van der Waals surface area contributed by atoms with E-state index >= 15 is 0 Å². The molecule has 0 spiro atoms. The Kier molecular flexibility index (Phi) is 5.54. The molecule has 8 nitrogen and oxygen atoms in total. The van der Waals surface area contributed by atoms with Gasteiger partial charge in [-0.25, -0.2) is 25.9 Å². The lowest BCUT2D eigenvalue weighted by Crippen LogP contribution is -2.38. The molecule has 1 heterocycles. The zero-order valence-corrected chi connectivity index (χ0v) is 13.3. The summed E-state index contributed by atoms with van der Waals surface area (Å²) in [7, 11) is -6.92. The van der Waals surface area contributed by atoms with E-state index in [4.69, 9.17) is 4.52 Å². The molecule has 0 saturated heterocycles. The molecular weight excluding hydrogens is 306 g/mol. The van der Waals surface area contributed by atoms with Gasteiger partial charge >= 0.3 is 0 Å². The largest absolute Gasteiger partial charge is 0.360 e. The van der Waals surface area contributed by atoms with Gasteiger partial charge in [-0.2, -0.15) is 0 Å². The van der Waals surface area contributed by atoms with Crippen molar-refractivity contribution in [2.24, 2.45) is 0 Å². The first kappa shape index (κ1) is 16.9. The van der Waals surface area contributed by atoms with Gasteiger partial charge in [0.1, 0.15) is 5.76 Å². The number of hydrogen-bond acceptors (Lipinski definition) is 6. The number of sulfonamides is 2. The molecule has 0 aliphatic rings. The molecule has 0 fully saturated rings. The molecular formula is C10H19N3O5S2. The van der Waals surface area contributed by atoms with Gasteiger partial charge in [0.2, 0.25) is 20.0 Å². The quantitative estimate of drug-likeness (QED) is 0.725. The fourth-order valence-corrected chi connectivity index (χ4v) is 3.50. The highest BCUT2D eigenvalue weighted by Crippen LogP contribution is 2.16. The monoisotopic (exact) mass is 325 g/mol. The van der Waals surface area contributed by atoms with Crippen LogP contribution in [-0.2, 0) is 20.0 Å². The average Bonchev–Trinajstić information content (AvgIpc) is 2.69. The fraction of sp³-hybridized carbons (Fsp3) is 0.700. The predicted octanol–water partition coefficient (Wildman–Crippen LogP) is 0.0784. The number of aryl methyl sites for hydroxylation is 1. The molecule has 0 saturated carbocycles. The average molecular weight is 325 g/mol. The van der Waals surface area contributed by atoms with Crippen LogP contribution >= 0.6 is 0 Å². The van der Waals surface area contributed by atoms with E-state index in [2.05, 4.69) is 9.88 Å². The van der Waals surface area contributed by atoms with Gasteiger partial charge in [0.25, 0.3) is 0 Å². The van der Waals surface area contributed by atoms with E-state index in [9.17, 15) is 16.8 Å². The molecule has 0 aliphatic heterocycles. The first-order valence-electron chi connectivity index (χ1n) is 6.04. The molecule has 10 heteroatoms. The van der Waals surface area contributed by atoms with E-state index in [1.807, 2.05) is 0 Å². The molecule has 0 atom stereocenters. The van der Waals surface area contributed by atoms with Crippen LogP contribution in [0.5, 0.6) is 0 Å². The zero-order chi connectivity index (χ0) is 15.4. The molecule has 1 N–H and O–H groups in total. The van der Waals surface area contributed by atoms with Crippen LogP contribution in [0.2, 0.25) is 0 Å². The summed E-state index contributed by atoms with van der Waals surface area (Å²) in [4.78, 5) is 0. The molecule has 0 aromatic carbocycles. The Morgan fingerprint density at radius 1 is 1.35 bits per heavy atom. The number of nitrogens with one attached hydrogen (secondary N) is 1. The summed E-state index contributed by atoms with van der Waals surface area (Å²) < 4.78 is 54.5. The third kappa shape index (κ3) is 5.10. The van der Waals surface area contributed by atoms with Crippen LogP contribution in [0.3, 0.4) is 0 Å². The van der Waals surface area contributed by atoms with Gasteiger partial charge in [-0.1, -0.05) is 12.1 Å². The highest BCUT2D eigenvalue weighted by Gasteiger charge is 2.21. The Hall–Kier alpha value is -1.13. The Morgan fingerprint density at radius 2 is 2.00 bits per heavy atom. The first-order valence-corrected chi connectivity index (χ1v) is 9.54. The zero-order valence-electron chi connectivity index (χ0n) is 11.7. The van der Waals surface area contributed by atoms with Crippen molar-refractivity contribution in [2.45, 2.75) is 20.3 Å². The van der Waals surface area contributed by atoms with E-state index in [1.54, 1.807) is 13.8 Å². The SMILES string of the molecule is CCCS(=O)(=O)NCCN(c1cc(C)on1)S(C)(=O)=O. The summed E-state index contributed by atoms with van der Waals surface area (Å²) in [6.07, 6.45) is 1.52. The van der Waals surface area contributed by atoms with Crippen molar-refractivity contribution in [3.63, 3.8) is 0 Å². The van der Waals surface area contributed by atoms with Crippen molar-refractivity contribution < 1.29 is 21.4 Å². The van der Waals surface area contributed by atoms with Crippen LogP contribution in [0.4, 0.5) is 5.82 Å². The van der Waals surface area contributed by atoms with Crippen LogP contribution < -0.4 is 9.03 Å². The molecule has 1 aromatic heterocycles. The minimum atomic E-state index is -3.56. The van der Waals surface area contributed by atoms with Gasteiger partial charge in [-0.3, -0.25) is 0 Å². The van der Waals surface area contributed by atoms with Crippen molar-refractivity contribution in [2.75, 3.05) is 29.4 Å². The molecule has 116 valence electrons. The lowest BCUT2D eigenvalue weighted by Gasteiger charge is -2.19. The summed E-state index contributed by atoms with van der Waals surface area (Å²) in [6, 6.07) is 1.47. The van der Waals surface area contributed by atoms with Crippen molar-refractivity contribution in [1.82, 2.24) is 9.88 Å². The summed E-state index contributed by atoms with van der Waals surface area (Å²) in [6.45, 7) is 3.32. The van der Waals surface area contributed by atoms with E-state index < -0.39 is 20.0 Å². The standard InChI is InChI=1S/C10H19N3O5S2/c1-4-7-20(16,17)11-5-6-13(19(3,14)15)10-8-9(2)18-12-10/h8,11H,4-7H2,1-3H3. The lowest BCUT2D eigenvalue weighted by molar-refractivity contribution is 0.398. The first-order chi connectivity index (χ1) is 9.15. The smallest absolute Gasteiger partial charge is 0.233 e. The number of nitrogens with zero attached hydrogens (tertiary/aromatic N) is 2. The number of hydrogen-bond donors (Lipinski definition) is 1. The topological polar surface area (TPSA) is 110 Å². The summed E-state index contributed by atoms with van der Waals surface area (Å²) >= 11 is 0. The third-order valence-electron chi connectivity index (χ3n) is 2.38. The lowest BCUT2D eigenvalue weighted by atomic mass is 10.5. The van der Waals surface area contributed by atoms with Gasteiger partial charge in [0.15, 0.2) is 5.82 Å². The minimum absolute atomic E-state index is 0.00887. The van der Waals surface area contributed by atoms with Gasteiger partial charge in [-0.15, -0.1) is 0 Å². The summed E-state index contributed by atoms with van der Waals surface area (Å²) in [5.41, 5.74) is 0. The van der Waals surface area contributed by atoms with E-state index in [1.165, 1.54) is 6.07 Å². The minimum Gasteiger partial charge on any atom is -0.360 e. The maximum atomic E-state index is 11.7. The van der Waals surface area contributed by atoms with Crippen LogP contribution in [0.15, 0.2) is 10.6 Å². The highest BCUT2D eigenvalue weighted by molar-refractivity contribution is 7.92. The highest BCUT2D eigenvalue weighted by atomic mass is 32.2. The number of rotatable bonds is 8. The molecule has 0 aliphatic carbocycles. The number of anilines is 1. The van der Waals surface area contributed by atoms with E-state index in [-0.39, 0.29) is 24.7 Å². The Labute approximate surface area is 119 Å². The Bertz CT molecular complexity index is 636. The van der Waals surface area contributed by atoms with E-state index in [0.29, 0.717) is 12.2 Å². The second kappa shape index (κ2) is 6.55. The molecule has 0 unspecified atom stereocenters. The molecule has 1 aromatic rings. The molecule has 20 heavy (non-hydrogen) atoms. The second-order valence-corrected chi connectivity index (χ2v) is 8.18. The molecule has 0 radical (unpaired) electrons. The van der Waals surface area contributed by atoms with Gasteiger partial charge in [0, 0.05) is 19.2 Å². The molecule has 1 rings (SSSR count). The van der Waals surface area contributed by atoms with Crippen LogP contribution in [0.1, 0.15) is 19.1 Å². The van der Waals surface area contributed by atoms with Crippen LogP contribution in [-0.4, -0.2) is 47.1 Å². The van der Waals surface area contributed by atoms with Crippen LogP contribution in [0, 0.1) is 6.92 Å². The van der Waals surface area contributed by atoms with Crippen molar-refractivity contribution >= 4 is 25.9 Å². The maximum Gasteiger partial charge on any atom is 0.233 e. The number of aromatic nitrogens is 1. The van der Waals surface area contributed by atoms with E-state index in [0.717, 1.165) is 10.6 Å². The Morgan fingerprint density at radius 3 is 2.45 bits per heavy atom. The fourth-order valence-electron chi connectivity index (χ4n) is 1.56. The van der Waals surface area contributed by atoms with Gasteiger partial charge in [0.05, 0.1) is 12.0 Å². The van der Waals surface area contributed by atoms with Crippen molar-refractivity contribution in [3.05, 3.63) is 11.8 Å². The summed E-state index contributed by atoms with van der Waals surface area (Å²) in [5, 5.41) is 3.63. The normalized spacial score (nSPS) is 12.6. The molecule has 0 amide bonds. The van der Waals surface area contributed by atoms with Crippen molar-refractivity contribution in [1.29, 1.82) is 0 Å². The predicted molar refractivity (Wildman–Crippen MR) is 75.5 cm³/mol. The Balaban J connectivity index is 2.74. The molecule has 0 bridgehead atoms. The summed E-state index contributed by atoms with van der Waals surface area (Å²) in [5.74, 6) is 0.620. The van der Waals surface area contributed by atoms with Crippen molar-refractivity contribution in [3.8, 4) is 0 Å². The van der Waals surface area contributed by atoms with Gasteiger partial charge in [-0.05, 0) is 13.3 Å². The maximum absolute atomic E-state index is 11.7. The third-order valence-corrected chi connectivity index (χ3v) is 5.14.